The van der Waals surface area contributed by atoms with Gasteiger partial charge >= 0.3 is 0 Å². The highest BCUT2D eigenvalue weighted by Crippen LogP contribution is 2.24. The Morgan fingerprint density at radius 2 is 1.79 bits per heavy atom. The molecule has 0 amide bonds. The lowest BCUT2D eigenvalue weighted by Gasteiger charge is -2.29. The van der Waals surface area contributed by atoms with Crippen LogP contribution in [0.3, 0.4) is 0 Å². The van der Waals surface area contributed by atoms with Crippen LogP contribution in [-0.4, -0.2) is 56.6 Å². The molecule has 0 aliphatic carbocycles. The minimum Gasteiger partial charge on any atom is -0.363 e. The van der Waals surface area contributed by atoms with Crippen molar-refractivity contribution in [3.05, 3.63) is 59.8 Å². The summed E-state index contributed by atoms with van der Waals surface area (Å²) < 4.78 is 0. The van der Waals surface area contributed by atoms with E-state index in [1.807, 2.05) is 44.2 Å². The fraction of sp³-hybridized carbons (Fsp3) is 0.455. The molecule has 0 radical (unpaired) electrons. The summed E-state index contributed by atoms with van der Waals surface area (Å²) >= 11 is 0. The molecule has 3 rings (SSSR count). The predicted molar refractivity (Wildman–Crippen MR) is 132 cm³/mol. The number of aliphatic imine (C=N–C) groups is 1. The topological polar surface area (TPSA) is 55.8 Å². The van der Waals surface area contributed by atoms with E-state index in [9.17, 15) is 0 Å². The SMILES string of the molecule is CN=C(NCc1cccc(N(C)C)n1)NCC(c1ccccc1)N1CCCC1.I. The summed E-state index contributed by atoms with van der Waals surface area (Å²) in [5.74, 6) is 1.76. The van der Waals surface area contributed by atoms with Crippen LogP contribution >= 0.6 is 24.0 Å². The molecule has 2 aromatic rings. The lowest BCUT2D eigenvalue weighted by molar-refractivity contribution is 0.245. The van der Waals surface area contributed by atoms with Gasteiger partial charge in [0.15, 0.2) is 5.96 Å². The normalized spacial score (nSPS) is 15.5. The quantitative estimate of drug-likeness (QED) is 0.342. The molecule has 1 unspecified atom stereocenters. The third kappa shape index (κ3) is 6.85. The van der Waals surface area contributed by atoms with Gasteiger partial charge < -0.3 is 15.5 Å². The van der Waals surface area contributed by atoms with E-state index in [4.69, 9.17) is 0 Å². The van der Waals surface area contributed by atoms with Gasteiger partial charge in [0.1, 0.15) is 5.82 Å². The van der Waals surface area contributed by atoms with Crippen molar-refractivity contribution in [2.75, 3.05) is 45.7 Å². The van der Waals surface area contributed by atoms with Gasteiger partial charge in [0, 0.05) is 27.7 Å². The van der Waals surface area contributed by atoms with E-state index in [-0.39, 0.29) is 24.0 Å². The van der Waals surface area contributed by atoms with E-state index >= 15 is 0 Å². The molecular formula is C22H33IN6. The second-order valence-electron chi connectivity index (χ2n) is 7.36. The van der Waals surface area contributed by atoms with Crippen LogP contribution in [0.15, 0.2) is 53.5 Å². The molecule has 0 bridgehead atoms. The van der Waals surface area contributed by atoms with Crippen molar-refractivity contribution in [2.45, 2.75) is 25.4 Å². The number of halogens is 1. The van der Waals surface area contributed by atoms with E-state index in [0.717, 1.165) is 37.1 Å². The van der Waals surface area contributed by atoms with Crippen molar-refractivity contribution in [2.24, 2.45) is 4.99 Å². The molecule has 6 nitrogen and oxygen atoms in total. The maximum atomic E-state index is 4.66. The summed E-state index contributed by atoms with van der Waals surface area (Å²) in [6, 6.07) is 17.2. The lowest BCUT2D eigenvalue weighted by Crippen LogP contribution is -2.42. The molecule has 1 aromatic heterocycles. The molecule has 1 aliphatic rings. The Hall–Kier alpha value is -1.87. The Morgan fingerprint density at radius 1 is 1.07 bits per heavy atom. The van der Waals surface area contributed by atoms with Crippen molar-refractivity contribution in [3.8, 4) is 0 Å². The van der Waals surface area contributed by atoms with Crippen LogP contribution in [0.25, 0.3) is 0 Å². The van der Waals surface area contributed by atoms with Crippen molar-refractivity contribution in [1.29, 1.82) is 0 Å². The summed E-state index contributed by atoms with van der Waals surface area (Å²) in [6.07, 6.45) is 2.56. The Kier molecular flexibility index (Phi) is 9.66. The zero-order chi connectivity index (χ0) is 19.8. The number of likely N-dealkylation sites (tertiary alicyclic amines) is 1. The fourth-order valence-corrected chi connectivity index (χ4v) is 3.59. The van der Waals surface area contributed by atoms with Gasteiger partial charge in [-0.15, -0.1) is 24.0 Å². The van der Waals surface area contributed by atoms with E-state index in [1.54, 1.807) is 0 Å². The average Bonchev–Trinajstić information content (AvgIpc) is 3.26. The van der Waals surface area contributed by atoms with Crippen molar-refractivity contribution in [1.82, 2.24) is 20.5 Å². The summed E-state index contributed by atoms with van der Waals surface area (Å²) in [5.41, 5.74) is 2.35. The number of anilines is 1. The molecule has 1 saturated heterocycles. The molecule has 1 atom stereocenters. The molecule has 1 aliphatic heterocycles. The number of guanidine groups is 1. The highest BCUT2D eigenvalue weighted by atomic mass is 127. The third-order valence-corrected chi connectivity index (χ3v) is 5.14. The van der Waals surface area contributed by atoms with E-state index in [2.05, 4.69) is 55.8 Å². The summed E-state index contributed by atoms with van der Waals surface area (Å²) in [5, 5.41) is 6.90. The first-order valence-corrected chi connectivity index (χ1v) is 10.0. The average molecular weight is 508 g/mol. The van der Waals surface area contributed by atoms with Gasteiger partial charge in [0.2, 0.25) is 0 Å². The molecule has 29 heavy (non-hydrogen) atoms. The molecule has 0 spiro atoms. The summed E-state index contributed by atoms with van der Waals surface area (Å²) in [4.78, 5) is 13.6. The Morgan fingerprint density at radius 3 is 2.45 bits per heavy atom. The predicted octanol–water partition coefficient (Wildman–Crippen LogP) is 3.27. The molecule has 7 heteroatoms. The number of nitrogens with zero attached hydrogens (tertiary/aromatic N) is 4. The lowest BCUT2D eigenvalue weighted by atomic mass is 10.1. The van der Waals surface area contributed by atoms with Gasteiger partial charge in [-0.25, -0.2) is 4.98 Å². The molecule has 1 aromatic carbocycles. The monoisotopic (exact) mass is 508 g/mol. The minimum absolute atomic E-state index is 0. The first-order valence-electron chi connectivity index (χ1n) is 10.0. The van der Waals surface area contributed by atoms with E-state index < -0.39 is 0 Å². The Balaban J connectivity index is 0.00000300. The summed E-state index contributed by atoms with van der Waals surface area (Å²) in [7, 11) is 5.82. The first kappa shape index (κ1) is 23.4. The van der Waals surface area contributed by atoms with Crippen molar-refractivity contribution >= 4 is 35.8 Å². The highest BCUT2D eigenvalue weighted by molar-refractivity contribution is 14.0. The maximum absolute atomic E-state index is 4.66. The van der Waals surface area contributed by atoms with Gasteiger partial charge in [-0.3, -0.25) is 9.89 Å². The van der Waals surface area contributed by atoms with Gasteiger partial charge in [0.05, 0.1) is 18.3 Å². The number of pyridine rings is 1. The number of rotatable bonds is 7. The van der Waals surface area contributed by atoms with Gasteiger partial charge in [0.25, 0.3) is 0 Å². The number of hydrogen-bond acceptors (Lipinski definition) is 4. The zero-order valence-electron chi connectivity index (χ0n) is 17.6. The fourth-order valence-electron chi connectivity index (χ4n) is 3.59. The zero-order valence-corrected chi connectivity index (χ0v) is 20.0. The molecular weight excluding hydrogens is 475 g/mol. The number of benzene rings is 1. The standard InChI is InChI=1S/C22H32N6.HI/c1-23-22(24-16-19-12-9-13-21(26-19)27(2)3)25-17-20(28-14-7-8-15-28)18-10-5-4-6-11-18;/h4-6,9-13,20H,7-8,14-17H2,1-3H3,(H2,23,24,25);1H. The molecule has 158 valence electrons. The second kappa shape index (κ2) is 12.0. The third-order valence-electron chi connectivity index (χ3n) is 5.14. The molecule has 2 heterocycles. The van der Waals surface area contributed by atoms with Crippen LogP contribution in [0, 0.1) is 0 Å². The molecule has 2 N–H and O–H groups in total. The van der Waals surface area contributed by atoms with E-state index in [0.29, 0.717) is 12.6 Å². The highest BCUT2D eigenvalue weighted by Gasteiger charge is 2.23. The van der Waals surface area contributed by atoms with Crippen molar-refractivity contribution < 1.29 is 0 Å². The van der Waals surface area contributed by atoms with Crippen LogP contribution in [0.5, 0.6) is 0 Å². The van der Waals surface area contributed by atoms with Crippen LogP contribution in [0.2, 0.25) is 0 Å². The largest absolute Gasteiger partial charge is 0.363 e. The van der Waals surface area contributed by atoms with Crippen LogP contribution < -0.4 is 15.5 Å². The minimum atomic E-state index is 0. The number of hydrogen-bond donors (Lipinski definition) is 2. The van der Waals surface area contributed by atoms with Gasteiger partial charge in [-0.05, 0) is 43.6 Å². The molecule has 1 fully saturated rings. The summed E-state index contributed by atoms with van der Waals surface area (Å²) in [6.45, 7) is 3.79. The Bertz CT molecular complexity index is 759. The van der Waals surface area contributed by atoms with Gasteiger partial charge in [-0.2, -0.15) is 0 Å². The van der Waals surface area contributed by atoms with Crippen LogP contribution in [-0.2, 0) is 6.54 Å². The molecule has 0 saturated carbocycles. The number of aromatic nitrogens is 1. The maximum Gasteiger partial charge on any atom is 0.191 e. The smallest absolute Gasteiger partial charge is 0.191 e. The van der Waals surface area contributed by atoms with Crippen LogP contribution in [0.4, 0.5) is 5.82 Å². The first-order chi connectivity index (χ1) is 13.7. The van der Waals surface area contributed by atoms with E-state index in [1.165, 1.54) is 18.4 Å². The van der Waals surface area contributed by atoms with Crippen LogP contribution in [0.1, 0.15) is 30.1 Å². The Labute approximate surface area is 191 Å². The number of nitrogens with one attached hydrogen (secondary N) is 2. The van der Waals surface area contributed by atoms with Crippen molar-refractivity contribution in [3.63, 3.8) is 0 Å². The van der Waals surface area contributed by atoms with Gasteiger partial charge in [-0.1, -0.05) is 36.4 Å². The second-order valence-corrected chi connectivity index (χ2v) is 7.36.